The van der Waals surface area contributed by atoms with E-state index in [4.69, 9.17) is 4.52 Å². The smallest absolute Gasteiger partial charge is 0.287 e. The quantitative estimate of drug-likeness (QED) is 0.524. The highest BCUT2D eigenvalue weighted by atomic mass is 16.6. The summed E-state index contributed by atoms with van der Waals surface area (Å²) in [7, 11) is 0. The number of nitro groups is 1. The zero-order chi connectivity index (χ0) is 17.9. The summed E-state index contributed by atoms with van der Waals surface area (Å²) in [5.74, 6) is 2.25. The van der Waals surface area contributed by atoms with Crippen molar-refractivity contribution in [2.45, 2.75) is 18.8 Å². The van der Waals surface area contributed by atoms with Crippen molar-refractivity contribution >= 4 is 11.5 Å². The zero-order valence-corrected chi connectivity index (χ0v) is 14.0. The van der Waals surface area contributed by atoms with Crippen LogP contribution in [0.2, 0.25) is 0 Å². The number of hydrogen-bond acceptors (Lipinski definition) is 7. The van der Waals surface area contributed by atoms with E-state index in [1.807, 2.05) is 30.3 Å². The Morgan fingerprint density at radius 3 is 2.54 bits per heavy atom. The van der Waals surface area contributed by atoms with Crippen LogP contribution in [0, 0.1) is 10.1 Å². The van der Waals surface area contributed by atoms with Crippen molar-refractivity contribution in [1.82, 2.24) is 15.1 Å². The minimum Gasteiger partial charge on any atom is -0.357 e. The third-order valence-electron chi connectivity index (χ3n) is 4.58. The van der Waals surface area contributed by atoms with Gasteiger partial charge in [0.05, 0.1) is 4.92 Å². The van der Waals surface area contributed by atoms with E-state index < -0.39 is 4.92 Å². The number of benzene rings is 1. The third kappa shape index (κ3) is 3.26. The molecule has 0 unspecified atom stereocenters. The zero-order valence-electron chi connectivity index (χ0n) is 14.0. The molecule has 1 fully saturated rings. The summed E-state index contributed by atoms with van der Waals surface area (Å²) in [6.07, 6.45) is 3.04. The molecule has 26 heavy (non-hydrogen) atoms. The van der Waals surface area contributed by atoms with E-state index in [1.54, 1.807) is 6.07 Å². The van der Waals surface area contributed by atoms with E-state index in [1.165, 1.54) is 12.3 Å². The fourth-order valence-electron chi connectivity index (χ4n) is 3.13. The van der Waals surface area contributed by atoms with Gasteiger partial charge in [0.1, 0.15) is 12.0 Å². The van der Waals surface area contributed by atoms with E-state index in [2.05, 4.69) is 20.0 Å². The summed E-state index contributed by atoms with van der Waals surface area (Å²) in [5.41, 5.74) is 0.943. The maximum absolute atomic E-state index is 10.7. The number of rotatable bonds is 4. The number of pyridine rings is 1. The lowest BCUT2D eigenvalue weighted by Gasteiger charge is -2.31. The van der Waals surface area contributed by atoms with Crippen molar-refractivity contribution in [2.75, 3.05) is 18.0 Å². The van der Waals surface area contributed by atoms with Gasteiger partial charge in [-0.1, -0.05) is 35.5 Å². The molecular formula is C18H17N5O3. The molecule has 1 aliphatic rings. The van der Waals surface area contributed by atoms with Crippen molar-refractivity contribution in [3.63, 3.8) is 0 Å². The highest BCUT2D eigenvalue weighted by Gasteiger charge is 2.26. The van der Waals surface area contributed by atoms with E-state index in [0.29, 0.717) is 11.7 Å². The highest BCUT2D eigenvalue weighted by molar-refractivity contribution is 5.53. The lowest BCUT2D eigenvalue weighted by Crippen LogP contribution is -2.33. The maximum Gasteiger partial charge on any atom is 0.287 e. The van der Waals surface area contributed by atoms with Crippen LogP contribution in [-0.4, -0.2) is 33.1 Å². The maximum atomic E-state index is 10.7. The number of anilines is 1. The first-order valence-electron chi connectivity index (χ1n) is 8.45. The Bertz CT molecular complexity index is 887. The van der Waals surface area contributed by atoms with Crippen LogP contribution in [0.3, 0.4) is 0 Å². The Morgan fingerprint density at radius 2 is 1.88 bits per heavy atom. The molecule has 1 saturated heterocycles. The van der Waals surface area contributed by atoms with E-state index >= 15 is 0 Å². The van der Waals surface area contributed by atoms with Gasteiger partial charge in [0.2, 0.25) is 11.7 Å². The molecule has 0 saturated carbocycles. The molecule has 3 heterocycles. The SMILES string of the molecule is O=[N+]([O-])c1ccc(N2CCC(c3nc(-c4ccccc4)no3)CC2)nc1. The molecule has 8 heteroatoms. The molecule has 0 aliphatic carbocycles. The van der Waals surface area contributed by atoms with Gasteiger partial charge in [-0.25, -0.2) is 4.98 Å². The normalized spacial score (nSPS) is 15.2. The first-order chi connectivity index (χ1) is 12.7. The molecule has 0 bridgehead atoms. The van der Waals surface area contributed by atoms with Gasteiger partial charge >= 0.3 is 0 Å². The van der Waals surface area contributed by atoms with Crippen molar-refractivity contribution < 1.29 is 9.45 Å². The van der Waals surface area contributed by atoms with E-state index in [0.717, 1.165) is 37.3 Å². The lowest BCUT2D eigenvalue weighted by atomic mass is 9.97. The van der Waals surface area contributed by atoms with Crippen LogP contribution in [-0.2, 0) is 0 Å². The van der Waals surface area contributed by atoms with Crippen LogP contribution in [0.15, 0.2) is 53.2 Å². The van der Waals surface area contributed by atoms with Gasteiger partial charge in [0, 0.05) is 30.6 Å². The van der Waals surface area contributed by atoms with E-state index in [-0.39, 0.29) is 11.6 Å². The molecule has 0 N–H and O–H groups in total. The predicted octanol–water partition coefficient (Wildman–Crippen LogP) is 3.42. The fourth-order valence-corrected chi connectivity index (χ4v) is 3.13. The van der Waals surface area contributed by atoms with Gasteiger partial charge in [-0.3, -0.25) is 10.1 Å². The van der Waals surface area contributed by atoms with Gasteiger partial charge in [-0.05, 0) is 18.9 Å². The second kappa shape index (κ2) is 6.91. The van der Waals surface area contributed by atoms with Gasteiger partial charge < -0.3 is 9.42 Å². The van der Waals surface area contributed by atoms with Crippen LogP contribution >= 0.6 is 0 Å². The average molecular weight is 351 g/mol. The first kappa shape index (κ1) is 16.2. The van der Waals surface area contributed by atoms with Crippen molar-refractivity contribution in [1.29, 1.82) is 0 Å². The Labute approximate surface area is 149 Å². The Hall–Kier alpha value is -3.29. The lowest BCUT2D eigenvalue weighted by molar-refractivity contribution is -0.385. The molecule has 0 radical (unpaired) electrons. The molecule has 2 aromatic heterocycles. The van der Waals surface area contributed by atoms with Crippen molar-refractivity contribution in [3.05, 3.63) is 64.7 Å². The Kier molecular flexibility index (Phi) is 4.30. The van der Waals surface area contributed by atoms with Crippen molar-refractivity contribution in [3.8, 4) is 11.4 Å². The minimum atomic E-state index is -0.442. The van der Waals surface area contributed by atoms with Crippen LogP contribution in [0.1, 0.15) is 24.7 Å². The number of nitrogens with zero attached hydrogens (tertiary/aromatic N) is 5. The van der Waals surface area contributed by atoms with E-state index in [9.17, 15) is 10.1 Å². The Balaban J connectivity index is 1.41. The van der Waals surface area contributed by atoms with Gasteiger partial charge in [0.15, 0.2) is 0 Å². The largest absolute Gasteiger partial charge is 0.357 e. The summed E-state index contributed by atoms with van der Waals surface area (Å²) in [4.78, 5) is 21.1. The topological polar surface area (TPSA) is 98.2 Å². The van der Waals surface area contributed by atoms with Gasteiger partial charge in [0.25, 0.3) is 5.69 Å². The van der Waals surface area contributed by atoms with Crippen LogP contribution in [0.25, 0.3) is 11.4 Å². The molecule has 8 nitrogen and oxygen atoms in total. The third-order valence-corrected chi connectivity index (χ3v) is 4.58. The second-order valence-electron chi connectivity index (χ2n) is 6.22. The first-order valence-corrected chi connectivity index (χ1v) is 8.45. The number of hydrogen-bond donors (Lipinski definition) is 0. The standard InChI is InChI=1S/C18H17N5O3/c24-23(25)15-6-7-16(19-12-15)22-10-8-14(9-11-22)18-20-17(21-26-18)13-4-2-1-3-5-13/h1-7,12,14H,8-11H2. The van der Waals surface area contributed by atoms with Crippen LogP contribution < -0.4 is 4.90 Å². The molecule has 0 spiro atoms. The molecule has 0 atom stereocenters. The molecule has 1 aliphatic heterocycles. The molecule has 3 aromatic rings. The van der Waals surface area contributed by atoms with Gasteiger partial charge in [-0.15, -0.1) is 0 Å². The Morgan fingerprint density at radius 1 is 1.12 bits per heavy atom. The number of piperidine rings is 1. The summed E-state index contributed by atoms with van der Waals surface area (Å²) in [6.45, 7) is 1.58. The summed E-state index contributed by atoms with van der Waals surface area (Å²) in [6, 6.07) is 12.9. The monoisotopic (exact) mass is 351 g/mol. The van der Waals surface area contributed by atoms with Crippen molar-refractivity contribution in [2.24, 2.45) is 0 Å². The summed E-state index contributed by atoms with van der Waals surface area (Å²) in [5, 5.41) is 14.8. The van der Waals surface area contributed by atoms with Crippen LogP contribution in [0.5, 0.6) is 0 Å². The second-order valence-corrected chi connectivity index (χ2v) is 6.22. The highest BCUT2D eigenvalue weighted by Crippen LogP contribution is 2.30. The number of aromatic nitrogens is 3. The molecule has 132 valence electrons. The average Bonchev–Trinajstić information content (AvgIpc) is 3.19. The molecule has 1 aromatic carbocycles. The minimum absolute atomic E-state index is 0.00272. The predicted molar refractivity (Wildman–Crippen MR) is 94.8 cm³/mol. The molecule has 4 rings (SSSR count). The fraction of sp³-hybridized carbons (Fsp3) is 0.278. The molecular weight excluding hydrogens is 334 g/mol. The van der Waals surface area contributed by atoms with Crippen LogP contribution in [0.4, 0.5) is 11.5 Å². The molecule has 0 amide bonds. The summed E-state index contributed by atoms with van der Waals surface area (Å²) >= 11 is 0. The van der Waals surface area contributed by atoms with Gasteiger partial charge in [-0.2, -0.15) is 4.98 Å². The summed E-state index contributed by atoms with van der Waals surface area (Å²) < 4.78 is 5.47.